The van der Waals surface area contributed by atoms with Gasteiger partial charge in [0.2, 0.25) is 5.91 Å². The number of carbonyl (C=O) groups is 2. The fourth-order valence-electron chi connectivity index (χ4n) is 1.36. The highest BCUT2D eigenvalue weighted by molar-refractivity contribution is 7.99. The summed E-state index contributed by atoms with van der Waals surface area (Å²) in [5.74, 6) is -0.393. The lowest BCUT2D eigenvalue weighted by atomic mass is 10.1. The first-order valence-electron chi connectivity index (χ1n) is 5.51. The normalized spacial score (nSPS) is 13.7. The predicted molar refractivity (Wildman–Crippen MR) is 74.8 cm³/mol. The third kappa shape index (κ3) is 4.34. The number of thiophene rings is 1. The summed E-state index contributed by atoms with van der Waals surface area (Å²) in [6.45, 7) is 1.84. The number of hydrogen-bond donors (Lipinski definition) is 1. The average molecular weight is 287 g/mol. The lowest BCUT2D eigenvalue weighted by molar-refractivity contribution is -0.141. The molecule has 6 heteroatoms. The maximum absolute atomic E-state index is 11.9. The molecule has 1 aromatic rings. The van der Waals surface area contributed by atoms with Crippen molar-refractivity contribution in [3.8, 4) is 0 Å². The first kappa shape index (κ1) is 15.0. The van der Waals surface area contributed by atoms with E-state index in [2.05, 4.69) is 10.1 Å². The third-order valence-electron chi connectivity index (χ3n) is 2.52. The van der Waals surface area contributed by atoms with Crippen LogP contribution in [0.25, 0.3) is 0 Å². The molecule has 18 heavy (non-hydrogen) atoms. The number of carbonyl (C=O) groups excluding carboxylic acids is 2. The zero-order valence-corrected chi connectivity index (χ0v) is 12.3. The van der Waals surface area contributed by atoms with Crippen molar-refractivity contribution in [2.24, 2.45) is 0 Å². The van der Waals surface area contributed by atoms with E-state index in [1.807, 2.05) is 30.7 Å². The van der Waals surface area contributed by atoms with Crippen molar-refractivity contribution in [1.29, 1.82) is 0 Å². The van der Waals surface area contributed by atoms with E-state index in [0.717, 1.165) is 4.88 Å². The fraction of sp³-hybridized carbons (Fsp3) is 0.500. The molecule has 4 nitrogen and oxygen atoms in total. The molecule has 1 aromatic heterocycles. The van der Waals surface area contributed by atoms with E-state index in [4.69, 9.17) is 0 Å². The Bertz CT molecular complexity index is 392. The number of esters is 1. The minimum atomic E-state index is -0.328. The second-order valence-corrected chi connectivity index (χ2v) is 5.89. The van der Waals surface area contributed by atoms with E-state index in [-0.39, 0.29) is 29.6 Å². The maximum Gasteiger partial charge on any atom is 0.307 e. The molecule has 2 atom stereocenters. The van der Waals surface area contributed by atoms with Crippen LogP contribution in [0.5, 0.6) is 0 Å². The zero-order chi connectivity index (χ0) is 13.5. The average Bonchev–Trinajstić information content (AvgIpc) is 2.90. The summed E-state index contributed by atoms with van der Waals surface area (Å²) in [7, 11) is 1.35. The van der Waals surface area contributed by atoms with Crippen LogP contribution in [0.3, 0.4) is 0 Å². The largest absolute Gasteiger partial charge is 0.469 e. The molecule has 0 spiro atoms. The van der Waals surface area contributed by atoms with Gasteiger partial charge in [-0.15, -0.1) is 11.3 Å². The van der Waals surface area contributed by atoms with Crippen LogP contribution >= 0.6 is 23.1 Å². The van der Waals surface area contributed by atoms with Crippen LogP contribution < -0.4 is 5.32 Å². The molecule has 0 saturated heterocycles. The van der Waals surface area contributed by atoms with Crippen LogP contribution in [-0.2, 0) is 14.3 Å². The summed E-state index contributed by atoms with van der Waals surface area (Å²) in [6, 6.07) is 3.50. The standard InChI is InChI=1S/C12H17NO3S2/c1-8(17-3)12(15)13-9(7-11(14)16-2)10-5-4-6-18-10/h4-6,8-9H,7H2,1-3H3,(H,13,15)/t8-,9+/m1/s1. The molecule has 0 aliphatic carbocycles. The monoisotopic (exact) mass is 287 g/mol. The molecule has 1 amide bonds. The van der Waals surface area contributed by atoms with Gasteiger partial charge in [0, 0.05) is 4.88 Å². The molecule has 0 aliphatic heterocycles. The molecule has 0 fully saturated rings. The van der Waals surface area contributed by atoms with Gasteiger partial charge in [-0.05, 0) is 24.6 Å². The lowest BCUT2D eigenvalue weighted by Gasteiger charge is -2.18. The molecule has 0 radical (unpaired) electrons. The van der Waals surface area contributed by atoms with E-state index in [0.29, 0.717) is 0 Å². The van der Waals surface area contributed by atoms with Gasteiger partial charge in [0.05, 0.1) is 24.8 Å². The Morgan fingerprint density at radius 1 is 1.56 bits per heavy atom. The molecule has 1 heterocycles. The van der Waals surface area contributed by atoms with Crippen molar-refractivity contribution in [2.75, 3.05) is 13.4 Å². The number of hydrogen-bond acceptors (Lipinski definition) is 5. The van der Waals surface area contributed by atoms with Crippen LogP contribution in [0.4, 0.5) is 0 Å². The van der Waals surface area contributed by atoms with Gasteiger partial charge < -0.3 is 10.1 Å². The summed E-state index contributed by atoms with van der Waals surface area (Å²) >= 11 is 2.99. The Labute approximate surface area is 115 Å². The topological polar surface area (TPSA) is 55.4 Å². The summed E-state index contributed by atoms with van der Waals surface area (Å²) in [5.41, 5.74) is 0. The highest BCUT2D eigenvalue weighted by Gasteiger charge is 2.22. The summed E-state index contributed by atoms with van der Waals surface area (Å²) in [6.07, 6.45) is 2.04. The summed E-state index contributed by atoms with van der Waals surface area (Å²) in [4.78, 5) is 24.2. The van der Waals surface area contributed by atoms with E-state index >= 15 is 0 Å². The van der Waals surface area contributed by atoms with Crippen molar-refractivity contribution in [3.63, 3.8) is 0 Å². The molecule has 1 rings (SSSR count). The van der Waals surface area contributed by atoms with Crippen LogP contribution in [-0.4, -0.2) is 30.5 Å². The summed E-state index contributed by atoms with van der Waals surface area (Å²) in [5, 5.41) is 4.67. The van der Waals surface area contributed by atoms with Crippen molar-refractivity contribution >= 4 is 35.0 Å². The third-order valence-corrected chi connectivity index (χ3v) is 4.43. The smallest absolute Gasteiger partial charge is 0.307 e. The number of thioether (sulfide) groups is 1. The number of nitrogens with one attached hydrogen (secondary N) is 1. The Kier molecular flexibility index (Phi) is 6.21. The summed E-state index contributed by atoms with van der Waals surface area (Å²) < 4.78 is 4.66. The van der Waals surface area contributed by atoms with Crippen molar-refractivity contribution < 1.29 is 14.3 Å². The van der Waals surface area contributed by atoms with Crippen LogP contribution in [0.15, 0.2) is 17.5 Å². The van der Waals surface area contributed by atoms with Crippen molar-refractivity contribution in [2.45, 2.75) is 24.6 Å². The number of methoxy groups -OCH3 is 1. The van der Waals surface area contributed by atoms with E-state index in [1.165, 1.54) is 30.2 Å². The van der Waals surface area contributed by atoms with Crippen molar-refractivity contribution in [1.82, 2.24) is 5.32 Å². The molecule has 0 unspecified atom stereocenters. The van der Waals surface area contributed by atoms with Gasteiger partial charge in [0.1, 0.15) is 0 Å². The second kappa shape index (κ2) is 7.43. The second-order valence-electron chi connectivity index (χ2n) is 3.73. The first-order chi connectivity index (χ1) is 8.58. The Hall–Kier alpha value is -1.01. The zero-order valence-electron chi connectivity index (χ0n) is 10.6. The lowest BCUT2D eigenvalue weighted by Crippen LogP contribution is -2.35. The molecule has 0 bridgehead atoms. The molecule has 0 saturated carbocycles. The quantitative estimate of drug-likeness (QED) is 0.815. The maximum atomic E-state index is 11.9. The van der Waals surface area contributed by atoms with Gasteiger partial charge in [-0.25, -0.2) is 0 Å². The van der Waals surface area contributed by atoms with Gasteiger partial charge in [-0.3, -0.25) is 9.59 Å². The number of rotatable bonds is 6. The van der Waals surface area contributed by atoms with Gasteiger partial charge >= 0.3 is 5.97 Å². The molecule has 1 N–H and O–H groups in total. The Morgan fingerprint density at radius 3 is 2.78 bits per heavy atom. The molecular weight excluding hydrogens is 270 g/mol. The highest BCUT2D eigenvalue weighted by Crippen LogP contribution is 2.23. The molecule has 0 aliphatic rings. The van der Waals surface area contributed by atoms with Crippen molar-refractivity contribution in [3.05, 3.63) is 22.4 Å². The highest BCUT2D eigenvalue weighted by atomic mass is 32.2. The van der Waals surface area contributed by atoms with Gasteiger partial charge in [0.25, 0.3) is 0 Å². The Balaban J connectivity index is 2.72. The van der Waals surface area contributed by atoms with E-state index in [9.17, 15) is 9.59 Å². The SMILES string of the molecule is COC(=O)C[C@H](NC(=O)[C@@H](C)SC)c1cccs1. The number of amides is 1. The molecule has 100 valence electrons. The van der Waals surface area contributed by atoms with Gasteiger partial charge in [-0.1, -0.05) is 6.07 Å². The predicted octanol–water partition coefficient (Wildman–Crippen LogP) is 2.22. The minimum absolute atomic E-state index is 0.0650. The fourth-order valence-corrected chi connectivity index (χ4v) is 2.42. The minimum Gasteiger partial charge on any atom is -0.469 e. The van der Waals surface area contributed by atoms with Crippen LogP contribution in [0, 0.1) is 0 Å². The Morgan fingerprint density at radius 2 is 2.28 bits per heavy atom. The molecule has 0 aromatic carbocycles. The number of ether oxygens (including phenoxy) is 1. The van der Waals surface area contributed by atoms with Gasteiger partial charge in [-0.2, -0.15) is 11.8 Å². The molecular formula is C12H17NO3S2. The van der Waals surface area contributed by atoms with Crippen LogP contribution in [0.1, 0.15) is 24.3 Å². The van der Waals surface area contributed by atoms with E-state index < -0.39 is 0 Å². The van der Waals surface area contributed by atoms with E-state index in [1.54, 1.807) is 0 Å². The first-order valence-corrected chi connectivity index (χ1v) is 7.68. The van der Waals surface area contributed by atoms with Crippen LogP contribution in [0.2, 0.25) is 0 Å². The van der Waals surface area contributed by atoms with Gasteiger partial charge in [0.15, 0.2) is 0 Å².